The van der Waals surface area contributed by atoms with Crippen LogP contribution < -0.4 is 19.5 Å². The lowest BCUT2D eigenvalue weighted by molar-refractivity contribution is -0.123. The number of carbonyl (C=O) groups excluding carboxylic acids is 2. The summed E-state index contributed by atoms with van der Waals surface area (Å²) >= 11 is 0. The largest absolute Gasteiger partial charge is 0.496 e. The van der Waals surface area contributed by atoms with Crippen LogP contribution in [0.25, 0.3) is 0 Å². The topological polar surface area (TPSA) is 77.1 Å². The lowest BCUT2D eigenvalue weighted by Crippen LogP contribution is -2.43. The van der Waals surface area contributed by atoms with Gasteiger partial charge in [0, 0.05) is 17.0 Å². The lowest BCUT2D eigenvalue weighted by Gasteiger charge is -2.31. The van der Waals surface area contributed by atoms with Crippen LogP contribution in [0, 0.1) is 5.92 Å². The number of Topliss-reactive ketones (excluding diaryl/α,β-unsaturated/α-hetero) is 1. The summed E-state index contributed by atoms with van der Waals surface area (Å²) in [5.74, 6) is 2.16. The number of ketones is 1. The normalized spacial score (nSPS) is 17.4. The van der Waals surface area contributed by atoms with Crippen molar-refractivity contribution in [2.24, 2.45) is 5.92 Å². The third-order valence-electron chi connectivity index (χ3n) is 6.14. The molecule has 0 aliphatic carbocycles. The summed E-state index contributed by atoms with van der Waals surface area (Å²) in [6, 6.07) is 13.0. The van der Waals surface area contributed by atoms with Crippen molar-refractivity contribution < 1.29 is 23.8 Å². The zero-order chi connectivity index (χ0) is 22.5. The first-order chi connectivity index (χ1) is 15.5. The molecule has 0 radical (unpaired) electrons. The minimum Gasteiger partial charge on any atom is -0.496 e. The Morgan fingerprint density at radius 1 is 1.09 bits per heavy atom. The van der Waals surface area contributed by atoms with Crippen molar-refractivity contribution >= 4 is 11.7 Å². The number of amides is 1. The fourth-order valence-corrected chi connectivity index (χ4v) is 4.38. The highest BCUT2D eigenvalue weighted by atomic mass is 16.6. The molecule has 4 rings (SSSR count). The van der Waals surface area contributed by atoms with Gasteiger partial charge in [0.15, 0.2) is 17.3 Å². The second-order valence-corrected chi connectivity index (χ2v) is 8.30. The Kier molecular flexibility index (Phi) is 6.95. The molecular formula is C25H30N2O5. The maximum absolute atomic E-state index is 13.0. The fourth-order valence-electron chi connectivity index (χ4n) is 4.38. The van der Waals surface area contributed by atoms with Crippen LogP contribution in [0.3, 0.4) is 0 Å². The van der Waals surface area contributed by atoms with Gasteiger partial charge >= 0.3 is 0 Å². The van der Waals surface area contributed by atoms with E-state index >= 15 is 0 Å². The van der Waals surface area contributed by atoms with E-state index in [4.69, 9.17) is 14.2 Å². The van der Waals surface area contributed by atoms with Gasteiger partial charge in [0.2, 0.25) is 5.91 Å². The minimum absolute atomic E-state index is 0.0278. The smallest absolute Gasteiger partial charge is 0.234 e. The molecule has 7 heteroatoms. The van der Waals surface area contributed by atoms with Gasteiger partial charge in [-0.15, -0.1) is 0 Å². The van der Waals surface area contributed by atoms with E-state index in [1.54, 1.807) is 13.2 Å². The number of carbonyl (C=O) groups is 2. The van der Waals surface area contributed by atoms with Crippen molar-refractivity contribution in [1.29, 1.82) is 0 Å². The molecule has 0 bridgehead atoms. The van der Waals surface area contributed by atoms with Gasteiger partial charge in [-0.25, -0.2) is 0 Å². The minimum atomic E-state index is -0.145. The van der Waals surface area contributed by atoms with Crippen LogP contribution in [-0.2, 0) is 4.79 Å². The van der Waals surface area contributed by atoms with E-state index in [0.29, 0.717) is 36.8 Å². The van der Waals surface area contributed by atoms with Crippen molar-refractivity contribution in [2.75, 3.05) is 40.0 Å². The first-order valence-corrected chi connectivity index (χ1v) is 11.1. The second-order valence-electron chi connectivity index (χ2n) is 8.30. The van der Waals surface area contributed by atoms with Crippen molar-refractivity contribution in [2.45, 2.75) is 25.8 Å². The average Bonchev–Trinajstić information content (AvgIpc) is 2.83. The second kappa shape index (κ2) is 10.0. The zero-order valence-electron chi connectivity index (χ0n) is 18.6. The van der Waals surface area contributed by atoms with E-state index in [-0.39, 0.29) is 23.7 Å². The van der Waals surface area contributed by atoms with Gasteiger partial charge in [-0.05, 0) is 57.1 Å². The Bertz CT molecular complexity index is 969. The van der Waals surface area contributed by atoms with E-state index in [1.165, 1.54) is 0 Å². The number of nitrogens with one attached hydrogen (secondary N) is 1. The van der Waals surface area contributed by atoms with Crippen LogP contribution in [0.2, 0.25) is 0 Å². The summed E-state index contributed by atoms with van der Waals surface area (Å²) in [6.45, 7) is 4.75. The van der Waals surface area contributed by atoms with Crippen molar-refractivity contribution in [3.05, 3.63) is 53.6 Å². The van der Waals surface area contributed by atoms with Gasteiger partial charge in [0.25, 0.3) is 0 Å². The molecule has 2 aromatic carbocycles. The summed E-state index contributed by atoms with van der Waals surface area (Å²) in [5, 5.41) is 3.05. The van der Waals surface area contributed by atoms with Crippen molar-refractivity contribution in [3.63, 3.8) is 0 Å². The molecule has 1 N–H and O–H groups in total. The number of nitrogens with zero attached hydrogens (tertiary/aromatic N) is 1. The van der Waals surface area contributed by atoms with Gasteiger partial charge < -0.3 is 19.5 Å². The van der Waals surface area contributed by atoms with Crippen LogP contribution >= 0.6 is 0 Å². The fraction of sp³-hybridized carbons (Fsp3) is 0.440. The maximum atomic E-state index is 13.0. The Morgan fingerprint density at radius 2 is 1.81 bits per heavy atom. The van der Waals surface area contributed by atoms with E-state index in [0.717, 1.165) is 37.2 Å². The van der Waals surface area contributed by atoms with Gasteiger partial charge in [0.05, 0.1) is 19.7 Å². The monoisotopic (exact) mass is 438 g/mol. The first kappa shape index (κ1) is 22.1. The SMILES string of the molecule is COc1ccccc1[C@H](C)NC(=O)CN1CCC(C(=O)c2ccc3c(c2)OCCO3)CC1. The number of para-hydroxylation sites is 1. The highest BCUT2D eigenvalue weighted by Crippen LogP contribution is 2.32. The molecule has 170 valence electrons. The first-order valence-electron chi connectivity index (χ1n) is 11.1. The molecule has 2 heterocycles. The summed E-state index contributed by atoms with van der Waals surface area (Å²) < 4.78 is 16.5. The molecule has 0 aromatic heterocycles. The summed E-state index contributed by atoms with van der Waals surface area (Å²) in [6.07, 6.45) is 1.48. The Hall–Kier alpha value is -3.06. The number of likely N-dealkylation sites (tertiary alicyclic amines) is 1. The molecule has 1 saturated heterocycles. The van der Waals surface area contributed by atoms with E-state index in [2.05, 4.69) is 10.2 Å². The molecule has 32 heavy (non-hydrogen) atoms. The summed E-state index contributed by atoms with van der Waals surface area (Å²) in [5.41, 5.74) is 1.61. The number of piperidine rings is 1. The number of hydrogen-bond acceptors (Lipinski definition) is 6. The average molecular weight is 439 g/mol. The third kappa shape index (κ3) is 5.05. The molecule has 7 nitrogen and oxygen atoms in total. The predicted octanol–water partition coefficient (Wildman–Crippen LogP) is 3.24. The lowest BCUT2D eigenvalue weighted by atomic mass is 9.88. The molecule has 0 saturated carbocycles. The van der Waals surface area contributed by atoms with Crippen LogP contribution in [0.1, 0.15) is 41.7 Å². The molecule has 1 atom stereocenters. The third-order valence-corrected chi connectivity index (χ3v) is 6.14. The molecule has 2 aromatic rings. The van der Waals surface area contributed by atoms with Gasteiger partial charge in [-0.1, -0.05) is 18.2 Å². The zero-order valence-corrected chi connectivity index (χ0v) is 18.6. The summed E-state index contributed by atoms with van der Waals surface area (Å²) in [7, 11) is 1.63. The number of methoxy groups -OCH3 is 1. The quantitative estimate of drug-likeness (QED) is 0.669. The van der Waals surface area contributed by atoms with Gasteiger partial charge in [0.1, 0.15) is 19.0 Å². The highest BCUT2D eigenvalue weighted by Gasteiger charge is 2.28. The molecule has 0 spiro atoms. The van der Waals surface area contributed by atoms with E-state index < -0.39 is 0 Å². The Balaban J connectivity index is 1.27. The number of hydrogen-bond donors (Lipinski definition) is 1. The van der Waals surface area contributed by atoms with Crippen molar-refractivity contribution in [3.8, 4) is 17.2 Å². The standard InChI is InChI=1S/C25H30N2O5/c1-17(20-5-3-4-6-21(20)30-2)26-24(28)16-27-11-9-18(10-12-27)25(29)19-7-8-22-23(15-19)32-14-13-31-22/h3-8,15,17-18H,9-14,16H2,1-2H3,(H,26,28)/t17-/m0/s1. The molecule has 0 unspecified atom stereocenters. The number of benzene rings is 2. The van der Waals surface area contributed by atoms with Gasteiger partial charge in [-0.2, -0.15) is 0 Å². The molecule has 2 aliphatic heterocycles. The number of fused-ring (bicyclic) bond motifs is 1. The molecule has 1 amide bonds. The van der Waals surface area contributed by atoms with Crippen LogP contribution in [-0.4, -0.2) is 56.5 Å². The molecule has 2 aliphatic rings. The Labute approximate surface area is 188 Å². The van der Waals surface area contributed by atoms with Crippen molar-refractivity contribution in [1.82, 2.24) is 10.2 Å². The number of rotatable bonds is 7. The molecular weight excluding hydrogens is 408 g/mol. The highest BCUT2D eigenvalue weighted by molar-refractivity contribution is 5.98. The molecule has 1 fully saturated rings. The van der Waals surface area contributed by atoms with Crippen LogP contribution in [0.5, 0.6) is 17.2 Å². The Morgan fingerprint density at radius 3 is 2.56 bits per heavy atom. The van der Waals surface area contributed by atoms with Gasteiger partial charge in [-0.3, -0.25) is 14.5 Å². The van der Waals surface area contributed by atoms with E-state index in [9.17, 15) is 9.59 Å². The van der Waals surface area contributed by atoms with Crippen LogP contribution in [0.4, 0.5) is 0 Å². The van der Waals surface area contributed by atoms with E-state index in [1.807, 2.05) is 43.3 Å². The summed E-state index contributed by atoms with van der Waals surface area (Å²) in [4.78, 5) is 27.7. The predicted molar refractivity (Wildman–Crippen MR) is 120 cm³/mol. The maximum Gasteiger partial charge on any atom is 0.234 e. The number of ether oxygens (including phenoxy) is 3. The van der Waals surface area contributed by atoms with Crippen LogP contribution in [0.15, 0.2) is 42.5 Å².